The largest absolute Gasteiger partial charge is 0.507 e. The molecule has 0 aromatic heterocycles. The van der Waals surface area contributed by atoms with Gasteiger partial charge in [-0.2, -0.15) is 26.3 Å². The van der Waals surface area contributed by atoms with Gasteiger partial charge in [-0.3, -0.25) is 4.79 Å². The van der Waals surface area contributed by atoms with E-state index >= 15 is 0 Å². The lowest BCUT2D eigenvalue weighted by Gasteiger charge is -2.25. The summed E-state index contributed by atoms with van der Waals surface area (Å²) in [5, 5.41) is 9.26. The van der Waals surface area contributed by atoms with Crippen LogP contribution in [0.25, 0.3) is 6.08 Å². The standard InChI is InChI=1S/C15H13F6NO3/c16-14(17,18)12-9(1-3-10(23)13(12)15(19,20)21)2-4-11(24)22-5-7-25-8-6-22/h1-4,23H,5-8H2/b4-2+. The SMILES string of the molecule is O=C(/C=C/c1ccc(O)c(C(F)(F)F)c1C(F)(F)F)N1CCOCC1. The lowest BCUT2D eigenvalue weighted by molar-refractivity contribution is -0.163. The molecular formula is C15H13F6NO3. The molecule has 0 radical (unpaired) electrons. The second-order valence-corrected chi connectivity index (χ2v) is 5.19. The lowest BCUT2D eigenvalue weighted by Crippen LogP contribution is -2.39. The smallest absolute Gasteiger partial charge is 0.420 e. The fourth-order valence-corrected chi connectivity index (χ4v) is 2.39. The second kappa shape index (κ2) is 6.95. The van der Waals surface area contributed by atoms with Gasteiger partial charge in [-0.05, 0) is 17.7 Å². The summed E-state index contributed by atoms with van der Waals surface area (Å²) >= 11 is 0. The molecule has 10 heteroatoms. The number of alkyl halides is 6. The Morgan fingerprint density at radius 3 is 2.12 bits per heavy atom. The minimum absolute atomic E-state index is 0.235. The van der Waals surface area contributed by atoms with Gasteiger partial charge in [0.05, 0.1) is 18.8 Å². The number of amides is 1. The molecule has 2 rings (SSSR count). The average molecular weight is 369 g/mol. The van der Waals surface area contributed by atoms with Gasteiger partial charge in [0, 0.05) is 19.2 Å². The molecule has 1 N–H and O–H groups in total. The van der Waals surface area contributed by atoms with Crippen LogP contribution in [-0.2, 0) is 21.9 Å². The molecule has 1 fully saturated rings. The summed E-state index contributed by atoms with van der Waals surface area (Å²) in [6, 6.07) is 1.19. The van der Waals surface area contributed by atoms with Gasteiger partial charge in [0.2, 0.25) is 5.91 Å². The number of aromatic hydroxyl groups is 1. The molecule has 0 spiro atoms. The minimum Gasteiger partial charge on any atom is -0.507 e. The van der Waals surface area contributed by atoms with E-state index in [0.717, 1.165) is 6.08 Å². The number of benzene rings is 1. The summed E-state index contributed by atoms with van der Waals surface area (Å²) < 4.78 is 83.3. The number of phenolic OH excluding ortho intramolecular Hbond substituents is 1. The number of hydrogen-bond donors (Lipinski definition) is 1. The fourth-order valence-electron chi connectivity index (χ4n) is 2.39. The van der Waals surface area contributed by atoms with Crippen molar-refractivity contribution >= 4 is 12.0 Å². The Hall–Kier alpha value is -2.23. The van der Waals surface area contributed by atoms with Crippen molar-refractivity contribution in [2.24, 2.45) is 0 Å². The van der Waals surface area contributed by atoms with Crippen molar-refractivity contribution in [1.82, 2.24) is 4.90 Å². The second-order valence-electron chi connectivity index (χ2n) is 5.19. The quantitative estimate of drug-likeness (QED) is 0.643. The van der Waals surface area contributed by atoms with Crippen molar-refractivity contribution in [3.63, 3.8) is 0 Å². The Balaban J connectivity index is 2.44. The third kappa shape index (κ3) is 4.44. The Bertz CT molecular complexity index is 675. The molecule has 1 aliphatic heterocycles. The summed E-state index contributed by atoms with van der Waals surface area (Å²) in [4.78, 5) is 13.2. The van der Waals surface area contributed by atoms with Crippen molar-refractivity contribution in [2.75, 3.05) is 26.3 Å². The molecular weight excluding hydrogens is 356 g/mol. The van der Waals surface area contributed by atoms with Crippen molar-refractivity contribution < 1.29 is 41.0 Å². The van der Waals surface area contributed by atoms with Crippen molar-refractivity contribution in [3.8, 4) is 5.75 Å². The number of carbonyl (C=O) groups is 1. The van der Waals surface area contributed by atoms with Crippen LogP contribution < -0.4 is 0 Å². The van der Waals surface area contributed by atoms with Crippen molar-refractivity contribution in [3.05, 3.63) is 34.9 Å². The lowest BCUT2D eigenvalue weighted by atomic mass is 9.98. The predicted molar refractivity (Wildman–Crippen MR) is 74.5 cm³/mol. The molecule has 0 atom stereocenters. The third-order valence-electron chi connectivity index (χ3n) is 3.51. The monoisotopic (exact) mass is 369 g/mol. The van der Waals surface area contributed by atoms with Crippen LogP contribution >= 0.6 is 0 Å². The summed E-state index contributed by atoms with van der Waals surface area (Å²) in [6.07, 6.45) is -9.35. The Kier molecular flexibility index (Phi) is 5.31. The number of rotatable bonds is 2. The molecule has 0 aliphatic carbocycles. The molecule has 1 saturated heterocycles. The number of hydrogen-bond acceptors (Lipinski definition) is 3. The van der Waals surface area contributed by atoms with E-state index in [-0.39, 0.29) is 26.3 Å². The first-order chi connectivity index (χ1) is 11.5. The average Bonchev–Trinajstić information content (AvgIpc) is 2.51. The highest BCUT2D eigenvalue weighted by molar-refractivity contribution is 5.92. The van der Waals surface area contributed by atoms with Gasteiger partial charge in [0.25, 0.3) is 0 Å². The van der Waals surface area contributed by atoms with Crippen molar-refractivity contribution in [2.45, 2.75) is 12.4 Å². The normalized spacial score (nSPS) is 16.5. The Morgan fingerprint density at radius 2 is 1.60 bits per heavy atom. The van der Waals surface area contributed by atoms with E-state index in [4.69, 9.17) is 4.74 Å². The first-order valence-corrected chi connectivity index (χ1v) is 7.07. The topological polar surface area (TPSA) is 49.8 Å². The van der Waals surface area contributed by atoms with E-state index in [1.807, 2.05) is 0 Å². The van der Waals surface area contributed by atoms with Gasteiger partial charge in [-0.1, -0.05) is 6.07 Å². The van der Waals surface area contributed by atoms with Crippen LogP contribution in [0.1, 0.15) is 16.7 Å². The van der Waals surface area contributed by atoms with E-state index in [1.165, 1.54) is 4.90 Å². The summed E-state index contributed by atoms with van der Waals surface area (Å²) in [6.45, 7) is 1.01. The van der Waals surface area contributed by atoms with Crippen LogP contribution in [0.2, 0.25) is 0 Å². The Morgan fingerprint density at radius 1 is 1.04 bits per heavy atom. The van der Waals surface area contributed by atoms with Gasteiger partial charge in [0.1, 0.15) is 11.3 Å². The fraction of sp³-hybridized carbons (Fsp3) is 0.400. The minimum atomic E-state index is -5.41. The van der Waals surface area contributed by atoms with E-state index in [1.54, 1.807) is 0 Å². The summed E-state index contributed by atoms with van der Waals surface area (Å²) in [7, 11) is 0. The number of phenols is 1. The van der Waals surface area contributed by atoms with E-state index in [0.29, 0.717) is 18.2 Å². The molecule has 1 heterocycles. The number of nitrogens with zero attached hydrogens (tertiary/aromatic N) is 1. The third-order valence-corrected chi connectivity index (χ3v) is 3.51. The van der Waals surface area contributed by atoms with Gasteiger partial charge in [0.15, 0.2) is 0 Å². The highest BCUT2D eigenvalue weighted by Gasteiger charge is 2.46. The molecule has 4 nitrogen and oxygen atoms in total. The molecule has 0 bridgehead atoms. The van der Waals surface area contributed by atoms with Crippen LogP contribution in [0.15, 0.2) is 18.2 Å². The highest BCUT2D eigenvalue weighted by atomic mass is 19.4. The predicted octanol–water partition coefficient (Wildman–Crippen LogP) is 3.30. The van der Waals surface area contributed by atoms with Gasteiger partial charge in [-0.15, -0.1) is 0 Å². The molecule has 1 aromatic rings. The van der Waals surface area contributed by atoms with E-state index < -0.39 is 40.7 Å². The molecule has 0 saturated carbocycles. The van der Waals surface area contributed by atoms with Crippen LogP contribution in [0, 0.1) is 0 Å². The molecule has 1 amide bonds. The van der Waals surface area contributed by atoms with E-state index in [2.05, 4.69) is 0 Å². The van der Waals surface area contributed by atoms with Crippen molar-refractivity contribution in [1.29, 1.82) is 0 Å². The number of ether oxygens (including phenoxy) is 1. The first-order valence-electron chi connectivity index (χ1n) is 7.07. The first kappa shape index (κ1) is 19.1. The van der Waals surface area contributed by atoms with Crippen LogP contribution in [0.4, 0.5) is 26.3 Å². The van der Waals surface area contributed by atoms with Gasteiger partial charge < -0.3 is 14.7 Å². The highest BCUT2D eigenvalue weighted by Crippen LogP contribution is 2.46. The zero-order valence-corrected chi connectivity index (χ0v) is 12.6. The van der Waals surface area contributed by atoms with Gasteiger partial charge in [-0.25, -0.2) is 0 Å². The zero-order valence-electron chi connectivity index (χ0n) is 12.6. The molecule has 25 heavy (non-hydrogen) atoms. The Labute approximate surface area is 138 Å². The molecule has 1 aliphatic rings. The maximum atomic E-state index is 13.1. The summed E-state index contributed by atoms with van der Waals surface area (Å²) in [5.74, 6) is -2.17. The van der Waals surface area contributed by atoms with Crippen LogP contribution in [0.5, 0.6) is 5.75 Å². The summed E-state index contributed by atoms with van der Waals surface area (Å²) in [5.41, 5.74) is -5.08. The van der Waals surface area contributed by atoms with Crippen LogP contribution in [0.3, 0.4) is 0 Å². The number of carbonyl (C=O) groups excluding carboxylic acids is 1. The maximum absolute atomic E-state index is 13.1. The zero-order chi connectivity index (χ0) is 18.8. The van der Waals surface area contributed by atoms with E-state index in [9.17, 15) is 36.2 Å². The molecule has 1 aromatic carbocycles. The molecule has 138 valence electrons. The number of halogens is 6. The maximum Gasteiger partial charge on any atom is 0.420 e. The number of morpholine rings is 1. The molecule has 0 unspecified atom stereocenters. The van der Waals surface area contributed by atoms with Crippen LogP contribution in [-0.4, -0.2) is 42.2 Å². The van der Waals surface area contributed by atoms with Gasteiger partial charge >= 0.3 is 12.4 Å².